The normalized spacial score (nSPS) is 19.7. The van der Waals surface area contributed by atoms with Gasteiger partial charge in [-0.05, 0) is 41.5 Å². The maximum atomic E-state index is 12.5. The first kappa shape index (κ1) is 23.7. The van der Waals surface area contributed by atoms with Gasteiger partial charge in [0.05, 0.1) is 6.61 Å². The van der Waals surface area contributed by atoms with Gasteiger partial charge >= 0.3 is 12.1 Å². The molecule has 3 unspecified atom stereocenters. The molecule has 2 aromatic rings. The number of benzene rings is 2. The molecule has 0 spiro atoms. The first-order valence-corrected chi connectivity index (χ1v) is 11.3. The third-order valence-electron chi connectivity index (χ3n) is 6.36. The monoisotopic (exact) mass is 468 g/mol. The van der Waals surface area contributed by atoms with E-state index in [1.807, 2.05) is 24.3 Å². The number of fused-ring (bicyclic) bond motifs is 3. The molecule has 0 radical (unpaired) electrons. The molecule has 2 amide bonds. The van der Waals surface area contributed by atoms with Crippen LogP contribution >= 0.6 is 0 Å². The van der Waals surface area contributed by atoms with Crippen LogP contribution in [0.5, 0.6) is 0 Å². The van der Waals surface area contributed by atoms with Gasteiger partial charge in [-0.15, -0.1) is 0 Å². The predicted octanol–water partition coefficient (Wildman–Crippen LogP) is 2.84. The minimum atomic E-state index is -1.29. The van der Waals surface area contributed by atoms with Gasteiger partial charge in [0.15, 0.2) is 0 Å². The van der Waals surface area contributed by atoms with E-state index in [0.29, 0.717) is 19.3 Å². The second kappa shape index (κ2) is 10.7. The Labute approximate surface area is 197 Å². The van der Waals surface area contributed by atoms with E-state index in [1.54, 1.807) is 0 Å². The van der Waals surface area contributed by atoms with E-state index >= 15 is 0 Å². The topological polar surface area (TPSA) is 123 Å². The Morgan fingerprint density at radius 2 is 1.68 bits per heavy atom. The Morgan fingerprint density at radius 1 is 1.03 bits per heavy atom. The van der Waals surface area contributed by atoms with Crippen molar-refractivity contribution in [3.63, 3.8) is 0 Å². The van der Waals surface area contributed by atoms with Gasteiger partial charge in [-0.25, -0.2) is 15.1 Å². The van der Waals surface area contributed by atoms with Crippen LogP contribution in [0.15, 0.2) is 48.5 Å². The molecule has 9 nitrogen and oxygen atoms in total. The average molecular weight is 469 g/mol. The number of ether oxygens (including phenoxy) is 2. The van der Waals surface area contributed by atoms with E-state index in [1.165, 1.54) is 7.11 Å². The molecular weight excluding hydrogens is 440 g/mol. The number of methoxy groups -OCH3 is 1. The number of alkyl carbamates (subject to hydrolysis) is 1. The second-order valence-electron chi connectivity index (χ2n) is 8.54. The average Bonchev–Trinajstić information content (AvgIpc) is 3.43. The Hall–Kier alpha value is -3.43. The summed E-state index contributed by atoms with van der Waals surface area (Å²) in [5.74, 6) is -2.06. The molecule has 2 aromatic carbocycles. The zero-order chi connectivity index (χ0) is 24.1. The lowest BCUT2D eigenvalue weighted by atomic mass is 9.98. The summed E-state index contributed by atoms with van der Waals surface area (Å²) in [4.78, 5) is 40.8. The molecule has 0 aliphatic heterocycles. The SMILES string of the molecule is COCC(ONC(=O)C1CCC(NC(=O)OCC2c3ccccc3-c3ccccc32)C1)C(=O)O. The molecule has 180 valence electrons. The number of amides is 2. The highest BCUT2D eigenvalue weighted by molar-refractivity contribution is 5.80. The number of aliphatic carboxylic acids is 1. The van der Waals surface area contributed by atoms with E-state index in [4.69, 9.17) is 19.4 Å². The smallest absolute Gasteiger partial charge is 0.407 e. The van der Waals surface area contributed by atoms with Gasteiger partial charge in [0.2, 0.25) is 12.0 Å². The molecule has 2 aliphatic carbocycles. The predicted molar refractivity (Wildman–Crippen MR) is 122 cm³/mol. The second-order valence-corrected chi connectivity index (χ2v) is 8.54. The molecule has 9 heteroatoms. The molecule has 34 heavy (non-hydrogen) atoms. The van der Waals surface area contributed by atoms with Crippen molar-refractivity contribution in [1.82, 2.24) is 10.8 Å². The standard InChI is InChI=1S/C25H28N2O7/c1-32-14-22(24(29)30)34-27-23(28)15-10-11-16(12-15)26-25(31)33-13-21-19-8-4-2-6-17(19)18-7-3-5-9-20(18)21/h2-9,15-16,21-22H,10-14H2,1H3,(H,26,31)(H,27,28)(H,29,30). The minimum absolute atomic E-state index is 0.0216. The number of carboxylic acids is 1. The van der Waals surface area contributed by atoms with Gasteiger partial charge in [0, 0.05) is 25.0 Å². The summed E-state index contributed by atoms with van der Waals surface area (Å²) in [5.41, 5.74) is 6.81. The Bertz CT molecular complexity index is 1010. The fourth-order valence-corrected chi connectivity index (χ4v) is 4.68. The number of hydroxylamine groups is 1. The van der Waals surface area contributed by atoms with Crippen LogP contribution in [0.25, 0.3) is 11.1 Å². The fourth-order valence-electron chi connectivity index (χ4n) is 4.68. The molecule has 0 aromatic heterocycles. The molecule has 1 saturated carbocycles. The summed E-state index contributed by atoms with van der Waals surface area (Å²) in [6.45, 7) is 0.0344. The lowest BCUT2D eigenvalue weighted by Gasteiger charge is -2.17. The lowest BCUT2D eigenvalue weighted by Crippen LogP contribution is -2.40. The maximum absolute atomic E-state index is 12.5. The molecule has 1 fully saturated rings. The van der Waals surface area contributed by atoms with E-state index in [9.17, 15) is 14.4 Å². The van der Waals surface area contributed by atoms with E-state index in [0.717, 1.165) is 22.3 Å². The van der Waals surface area contributed by atoms with Crippen molar-refractivity contribution in [2.75, 3.05) is 20.3 Å². The summed E-state index contributed by atoms with van der Waals surface area (Å²) >= 11 is 0. The molecule has 0 bridgehead atoms. The van der Waals surface area contributed by atoms with E-state index in [2.05, 4.69) is 35.1 Å². The summed E-state index contributed by atoms with van der Waals surface area (Å²) in [6, 6.07) is 16.0. The number of rotatable bonds is 9. The fraction of sp³-hybridized carbons (Fsp3) is 0.400. The number of carbonyl (C=O) groups excluding carboxylic acids is 2. The van der Waals surface area contributed by atoms with Gasteiger partial charge in [0.1, 0.15) is 6.61 Å². The summed E-state index contributed by atoms with van der Waals surface area (Å²) < 4.78 is 10.3. The Morgan fingerprint density at radius 3 is 2.29 bits per heavy atom. The van der Waals surface area contributed by atoms with Crippen molar-refractivity contribution >= 4 is 18.0 Å². The number of carboxylic acid groups (broad SMARTS) is 1. The first-order chi connectivity index (χ1) is 16.5. The number of hydrogen-bond acceptors (Lipinski definition) is 6. The maximum Gasteiger partial charge on any atom is 0.407 e. The largest absolute Gasteiger partial charge is 0.479 e. The Kier molecular flexibility index (Phi) is 7.44. The molecule has 0 heterocycles. The van der Waals surface area contributed by atoms with Crippen LogP contribution < -0.4 is 10.8 Å². The molecular formula is C25H28N2O7. The third kappa shape index (κ3) is 5.21. The van der Waals surface area contributed by atoms with Gasteiger partial charge in [-0.3, -0.25) is 9.63 Å². The highest BCUT2D eigenvalue weighted by Gasteiger charge is 2.33. The van der Waals surface area contributed by atoms with Crippen molar-refractivity contribution in [2.45, 2.75) is 37.3 Å². The summed E-state index contributed by atoms with van der Waals surface area (Å²) in [6.07, 6.45) is -0.226. The minimum Gasteiger partial charge on any atom is -0.479 e. The molecule has 2 aliphatic rings. The molecule has 3 atom stereocenters. The first-order valence-electron chi connectivity index (χ1n) is 11.3. The van der Waals surface area contributed by atoms with Crippen molar-refractivity contribution in [2.24, 2.45) is 5.92 Å². The summed E-state index contributed by atoms with van der Waals surface area (Å²) in [5, 5.41) is 11.9. The molecule has 4 rings (SSSR count). The van der Waals surface area contributed by atoms with Crippen molar-refractivity contribution in [1.29, 1.82) is 0 Å². The van der Waals surface area contributed by atoms with Crippen LogP contribution in [0.4, 0.5) is 4.79 Å². The Balaban J connectivity index is 1.26. The molecule has 3 N–H and O–H groups in total. The van der Waals surface area contributed by atoms with Crippen LogP contribution in [-0.2, 0) is 23.9 Å². The van der Waals surface area contributed by atoms with E-state index in [-0.39, 0.29) is 25.2 Å². The number of hydrogen-bond donors (Lipinski definition) is 3. The van der Waals surface area contributed by atoms with Crippen molar-refractivity contribution < 1.29 is 33.8 Å². The summed E-state index contributed by atoms with van der Waals surface area (Å²) in [7, 11) is 1.34. The van der Waals surface area contributed by atoms with Crippen LogP contribution in [0.3, 0.4) is 0 Å². The highest BCUT2D eigenvalue weighted by atomic mass is 16.7. The highest BCUT2D eigenvalue weighted by Crippen LogP contribution is 2.44. The van der Waals surface area contributed by atoms with Crippen molar-refractivity contribution in [3.8, 4) is 11.1 Å². The zero-order valence-corrected chi connectivity index (χ0v) is 18.9. The number of carbonyl (C=O) groups is 3. The zero-order valence-electron chi connectivity index (χ0n) is 18.9. The van der Waals surface area contributed by atoms with Gasteiger partial charge in [-0.1, -0.05) is 48.5 Å². The van der Waals surface area contributed by atoms with Crippen LogP contribution in [0.2, 0.25) is 0 Å². The van der Waals surface area contributed by atoms with Crippen LogP contribution in [-0.4, -0.2) is 55.5 Å². The van der Waals surface area contributed by atoms with Crippen molar-refractivity contribution in [3.05, 3.63) is 59.7 Å². The van der Waals surface area contributed by atoms with Gasteiger partial charge in [-0.2, -0.15) is 0 Å². The molecule has 0 saturated heterocycles. The number of nitrogens with one attached hydrogen (secondary N) is 2. The quantitative estimate of drug-likeness (QED) is 0.484. The third-order valence-corrected chi connectivity index (χ3v) is 6.36. The van der Waals surface area contributed by atoms with Gasteiger partial charge < -0.3 is 19.9 Å². The van der Waals surface area contributed by atoms with E-state index < -0.39 is 30.0 Å². The lowest BCUT2D eigenvalue weighted by molar-refractivity contribution is -0.166. The van der Waals surface area contributed by atoms with Crippen LogP contribution in [0.1, 0.15) is 36.3 Å². The van der Waals surface area contributed by atoms with Crippen LogP contribution in [0, 0.1) is 5.92 Å². The van der Waals surface area contributed by atoms with Gasteiger partial charge in [0.25, 0.3) is 0 Å².